The maximum Gasteiger partial charge on any atom is 0.174 e. The second kappa shape index (κ2) is 2.43. The topological polar surface area (TPSA) is 29.1 Å². The molecular formula is C10H15NO. The molecule has 12 heavy (non-hydrogen) atoms. The molecular weight excluding hydrogens is 150 g/mol. The molecule has 0 aromatic carbocycles. The molecule has 2 aliphatic rings. The summed E-state index contributed by atoms with van der Waals surface area (Å²) in [6.07, 6.45) is 1.03. The molecule has 1 N–H and O–H groups in total. The predicted molar refractivity (Wildman–Crippen MR) is 47.8 cm³/mol. The minimum Gasteiger partial charge on any atom is -0.304 e. The van der Waals surface area contributed by atoms with E-state index >= 15 is 0 Å². The quantitative estimate of drug-likeness (QED) is 0.621. The number of carbonyl (C=O) groups excluding carboxylic acids is 1. The zero-order valence-corrected chi connectivity index (χ0v) is 7.63. The standard InChI is InChI=1S/C10H15NO/c1-5(2)10(12)8-4-7-6(3)9(7)11-8/h6-9,11H,1,4H2,2-3H3. The van der Waals surface area contributed by atoms with E-state index in [0.717, 1.165) is 18.3 Å². The fraction of sp³-hybridized carbons (Fsp3) is 0.700. The molecule has 4 unspecified atom stereocenters. The smallest absolute Gasteiger partial charge is 0.174 e. The van der Waals surface area contributed by atoms with Gasteiger partial charge in [0.25, 0.3) is 0 Å². The summed E-state index contributed by atoms with van der Waals surface area (Å²) < 4.78 is 0. The number of ketones is 1. The fourth-order valence-electron chi connectivity index (χ4n) is 2.23. The second-order valence-electron chi connectivity index (χ2n) is 4.15. The highest BCUT2D eigenvalue weighted by Gasteiger charge is 2.54. The number of piperidine rings is 1. The van der Waals surface area contributed by atoms with Crippen molar-refractivity contribution >= 4 is 5.78 Å². The van der Waals surface area contributed by atoms with Crippen LogP contribution in [0.15, 0.2) is 12.2 Å². The Morgan fingerprint density at radius 3 is 2.67 bits per heavy atom. The van der Waals surface area contributed by atoms with Gasteiger partial charge in [0, 0.05) is 6.04 Å². The van der Waals surface area contributed by atoms with E-state index in [1.807, 2.05) is 0 Å². The molecule has 1 saturated carbocycles. The lowest BCUT2D eigenvalue weighted by Gasteiger charge is -2.12. The Morgan fingerprint density at radius 2 is 2.25 bits per heavy atom. The van der Waals surface area contributed by atoms with Crippen LogP contribution in [-0.4, -0.2) is 17.9 Å². The Labute approximate surface area is 73.0 Å². The van der Waals surface area contributed by atoms with Gasteiger partial charge in [0.2, 0.25) is 0 Å². The van der Waals surface area contributed by atoms with Crippen LogP contribution in [0.5, 0.6) is 0 Å². The molecule has 1 aliphatic heterocycles. The third-order valence-corrected chi connectivity index (χ3v) is 3.20. The second-order valence-corrected chi connectivity index (χ2v) is 4.15. The minimum atomic E-state index is 0.0775. The zero-order chi connectivity index (χ0) is 8.88. The fourth-order valence-corrected chi connectivity index (χ4v) is 2.23. The van der Waals surface area contributed by atoms with Crippen molar-refractivity contribution in [2.75, 3.05) is 0 Å². The zero-order valence-electron chi connectivity index (χ0n) is 7.63. The Kier molecular flexibility index (Phi) is 1.62. The molecule has 1 saturated heterocycles. The lowest BCUT2D eigenvalue weighted by atomic mass is 10.0. The molecule has 0 spiro atoms. The van der Waals surface area contributed by atoms with Crippen LogP contribution in [0, 0.1) is 11.8 Å². The summed E-state index contributed by atoms with van der Waals surface area (Å²) >= 11 is 0. The Morgan fingerprint density at radius 1 is 1.58 bits per heavy atom. The van der Waals surface area contributed by atoms with Crippen LogP contribution in [0.2, 0.25) is 0 Å². The van der Waals surface area contributed by atoms with E-state index in [0.29, 0.717) is 11.6 Å². The van der Waals surface area contributed by atoms with Crippen LogP contribution >= 0.6 is 0 Å². The summed E-state index contributed by atoms with van der Waals surface area (Å²) in [5, 5.41) is 3.35. The van der Waals surface area contributed by atoms with E-state index in [1.54, 1.807) is 6.92 Å². The molecule has 0 radical (unpaired) electrons. The maximum absolute atomic E-state index is 11.5. The lowest BCUT2D eigenvalue weighted by Crippen LogP contribution is -2.35. The summed E-state index contributed by atoms with van der Waals surface area (Å²) in [6, 6.07) is 0.701. The highest BCUT2D eigenvalue weighted by Crippen LogP contribution is 2.47. The number of hydrogen-bond donors (Lipinski definition) is 1. The van der Waals surface area contributed by atoms with E-state index in [2.05, 4.69) is 18.8 Å². The first-order chi connectivity index (χ1) is 5.61. The van der Waals surface area contributed by atoms with Crippen molar-refractivity contribution in [2.24, 2.45) is 11.8 Å². The summed E-state index contributed by atoms with van der Waals surface area (Å²) in [5.41, 5.74) is 0.682. The van der Waals surface area contributed by atoms with Gasteiger partial charge < -0.3 is 5.32 Å². The molecule has 2 rings (SSSR count). The summed E-state index contributed by atoms with van der Waals surface area (Å²) in [4.78, 5) is 11.5. The van der Waals surface area contributed by atoms with E-state index in [-0.39, 0.29) is 11.8 Å². The Bertz CT molecular complexity index is 234. The number of fused-ring (bicyclic) bond motifs is 1. The molecule has 1 aliphatic carbocycles. The molecule has 4 atom stereocenters. The van der Waals surface area contributed by atoms with Crippen LogP contribution in [-0.2, 0) is 4.79 Å². The van der Waals surface area contributed by atoms with E-state index in [1.165, 1.54) is 0 Å². The van der Waals surface area contributed by atoms with Crippen molar-refractivity contribution < 1.29 is 4.79 Å². The van der Waals surface area contributed by atoms with Gasteiger partial charge in [-0.15, -0.1) is 0 Å². The Hall–Kier alpha value is -0.630. The summed E-state index contributed by atoms with van der Waals surface area (Å²) in [7, 11) is 0. The van der Waals surface area contributed by atoms with Gasteiger partial charge in [0.05, 0.1) is 6.04 Å². The molecule has 0 bridgehead atoms. The van der Waals surface area contributed by atoms with Crippen molar-refractivity contribution in [3.63, 3.8) is 0 Å². The third-order valence-electron chi connectivity index (χ3n) is 3.20. The molecule has 2 fully saturated rings. The normalized spacial score (nSPS) is 43.8. The maximum atomic E-state index is 11.5. The lowest BCUT2D eigenvalue weighted by molar-refractivity contribution is -0.117. The van der Waals surface area contributed by atoms with Crippen LogP contribution in [0.4, 0.5) is 0 Å². The number of nitrogens with one attached hydrogen (secondary N) is 1. The first-order valence-corrected chi connectivity index (χ1v) is 4.57. The predicted octanol–water partition coefficient (Wildman–Crippen LogP) is 1.13. The number of Topliss-reactive ketones (excluding diaryl/α,β-unsaturated/α-hetero) is 1. The minimum absolute atomic E-state index is 0.0775. The first-order valence-electron chi connectivity index (χ1n) is 4.57. The van der Waals surface area contributed by atoms with Crippen molar-refractivity contribution in [2.45, 2.75) is 32.4 Å². The van der Waals surface area contributed by atoms with Crippen LogP contribution in [0.25, 0.3) is 0 Å². The molecule has 0 amide bonds. The number of rotatable bonds is 2. The van der Waals surface area contributed by atoms with Gasteiger partial charge in [0.15, 0.2) is 5.78 Å². The molecule has 66 valence electrons. The average Bonchev–Trinajstić information content (AvgIpc) is 2.53. The van der Waals surface area contributed by atoms with E-state index < -0.39 is 0 Å². The van der Waals surface area contributed by atoms with Gasteiger partial charge in [-0.1, -0.05) is 13.5 Å². The molecule has 2 heteroatoms. The molecule has 0 aromatic heterocycles. The van der Waals surface area contributed by atoms with Crippen LogP contribution in [0.1, 0.15) is 20.3 Å². The van der Waals surface area contributed by atoms with E-state index in [4.69, 9.17) is 0 Å². The van der Waals surface area contributed by atoms with Crippen molar-refractivity contribution in [3.05, 3.63) is 12.2 Å². The molecule has 2 nitrogen and oxygen atoms in total. The first kappa shape index (κ1) is 7.99. The van der Waals surface area contributed by atoms with Gasteiger partial charge in [-0.25, -0.2) is 0 Å². The van der Waals surface area contributed by atoms with Gasteiger partial charge in [-0.2, -0.15) is 0 Å². The van der Waals surface area contributed by atoms with Crippen molar-refractivity contribution in [1.82, 2.24) is 5.32 Å². The average molecular weight is 165 g/mol. The molecule has 0 aromatic rings. The van der Waals surface area contributed by atoms with E-state index in [9.17, 15) is 4.79 Å². The van der Waals surface area contributed by atoms with Crippen LogP contribution < -0.4 is 5.32 Å². The Balaban J connectivity index is 1.95. The van der Waals surface area contributed by atoms with Gasteiger partial charge in [-0.05, 0) is 30.8 Å². The number of carbonyl (C=O) groups is 1. The van der Waals surface area contributed by atoms with Crippen molar-refractivity contribution in [3.8, 4) is 0 Å². The van der Waals surface area contributed by atoms with Crippen LogP contribution in [0.3, 0.4) is 0 Å². The number of hydrogen-bond acceptors (Lipinski definition) is 2. The highest BCUT2D eigenvalue weighted by atomic mass is 16.1. The van der Waals surface area contributed by atoms with Gasteiger partial charge >= 0.3 is 0 Å². The van der Waals surface area contributed by atoms with Crippen molar-refractivity contribution in [1.29, 1.82) is 0 Å². The SMILES string of the molecule is C=C(C)C(=O)C1CC2C(C)C2N1. The van der Waals surface area contributed by atoms with Gasteiger partial charge in [-0.3, -0.25) is 4.79 Å². The largest absolute Gasteiger partial charge is 0.304 e. The summed E-state index contributed by atoms with van der Waals surface area (Å²) in [6.45, 7) is 7.70. The molecule has 1 heterocycles. The highest BCUT2D eigenvalue weighted by molar-refractivity contribution is 5.98. The summed E-state index contributed by atoms with van der Waals surface area (Å²) in [5.74, 6) is 1.76. The third kappa shape index (κ3) is 1.02. The van der Waals surface area contributed by atoms with Gasteiger partial charge in [0.1, 0.15) is 0 Å². The monoisotopic (exact) mass is 165 g/mol.